The summed E-state index contributed by atoms with van der Waals surface area (Å²) in [5.41, 5.74) is 2.52. The maximum atomic E-state index is 13.0. The number of esters is 1. The van der Waals surface area contributed by atoms with Crippen LogP contribution in [0.4, 0.5) is 0 Å². The van der Waals surface area contributed by atoms with Crippen LogP contribution in [0.15, 0.2) is 30.3 Å². The van der Waals surface area contributed by atoms with Gasteiger partial charge in [0.15, 0.2) is 11.5 Å². The molecular weight excluding hydrogens is 464 g/mol. The predicted molar refractivity (Wildman–Crippen MR) is 122 cm³/mol. The van der Waals surface area contributed by atoms with E-state index < -0.39 is 18.1 Å². The molecule has 0 bridgehead atoms. The zero-order chi connectivity index (χ0) is 23.8. The lowest BCUT2D eigenvalue weighted by atomic mass is 10.1. The van der Waals surface area contributed by atoms with E-state index in [-0.39, 0.29) is 19.2 Å². The van der Waals surface area contributed by atoms with Gasteiger partial charge in [-0.3, -0.25) is 9.69 Å². The second-order valence-corrected chi connectivity index (χ2v) is 8.60. The van der Waals surface area contributed by atoms with E-state index >= 15 is 0 Å². The molecule has 1 fully saturated rings. The van der Waals surface area contributed by atoms with E-state index in [1.165, 1.54) is 7.11 Å². The standard InChI is InChI=1S/C23H23ClN4O6/c1-32-23(31)12-2-3-15-16(6-12)27-20(26-15)9-25-22(30)21-17(29)4-5-28(21)10-13-7-18-19(8-14(13)24)34-11-33-18/h2-3,6-8,17,21,29H,4-5,9-11H2,1H3,(H,25,30)(H,26,27). The second kappa shape index (κ2) is 9.13. The van der Waals surface area contributed by atoms with Gasteiger partial charge < -0.3 is 29.6 Å². The van der Waals surface area contributed by atoms with E-state index in [0.29, 0.717) is 58.5 Å². The average molecular weight is 487 g/mol. The highest BCUT2D eigenvalue weighted by atomic mass is 35.5. The number of carbonyl (C=O) groups excluding carboxylic acids is 2. The lowest BCUT2D eigenvalue weighted by Crippen LogP contribution is -2.47. The highest BCUT2D eigenvalue weighted by molar-refractivity contribution is 6.31. The summed E-state index contributed by atoms with van der Waals surface area (Å²) in [5.74, 6) is 0.986. The normalized spacial score (nSPS) is 19.5. The molecule has 2 aliphatic heterocycles. The molecule has 34 heavy (non-hydrogen) atoms. The summed E-state index contributed by atoms with van der Waals surface area (Å²) >= 11 is 6.40. The number of hydrogen-bond acceptors (Lipinski definition) is 8. The molecule has 0 saturated carbocycles. The number of aliphatic hydroxyl groups excluding tert-OH is 1. The molecule has 2 aromatic carbocycles. The van der Waals surface area contributed by atoms with E-state index in [9.17, 15) is 14.7 Å². The molecule has 2 aliphatic rings. The molecule has 0 spiro atoms. The number of amides is 1. The van der Waals surface area contributed by atoms with Gasteiger partial charge in [-0.1, -0.05) is 11.6 Å². The summed E-state index contributed by atoms with van der Waals surface area (Å²) in [7, 11) is 1.32. The van der Waals surface area contributed by atoms with Gasteiger partial charge in [-0.2, -0.15) is 0 Å². The van der Waals surface area contributed by atoms with E-state index in [2.05, 4.69) is 15.3 Å². The molecule has 1 saturated heterocycles. The number of carbonyl (C=O) groups is 2. The Bertz CT molecular complexity index is 1260. The van der Waals surface area contributed by atoms with Crippen LogP contribution in [0.2, 0.25) is 5.02 Å². The fourth-order valence-electron chi connectivity index (χ4n) is 4.32. The first-order valence-corrected chi connectivity index (χ1v) is 11.2. The Labute approximate surface area is 199 Å². The minimum absolute atomic E-state index is 0.142. The van der Waals surface area contributed by atoms with Gasteiger partial charge in [-0.05, 0) is 36.2 Å². The van der Waals surface area contributed by atoms with Crippen molar-refractivity contribution in [3.63, 3.8) is 0 Å². The van der Waals surface area contributed by atoms with Crippen LogP contribution in [-0.2, 0) is 22.6 Å². The number of hydrogen-bond donors (Lipinski definition) is 3. The fraction of sp³-hybridized carbons (Fsp3) is 0.348. The number of likely N-dealkylation sites (tertiary alicyclic amines) is 1. The number of aromatic amines is 1. The van der Waals surface area contributed by atoms with Crippen molar-refractivity contribution in [3.8, 4) is 11.5 Å². The van der Waals surface area contributed by atoms with Gasteiger partial charge in [0.2, 0.25) is 12.7 Å². The first-order valence-electron chi connectivity index (χ1n) is 10.8. The highest BCUT2D eigenvalue weighted by Gasteiger charge is 2.38. The van der Waals surface area contributed by atoms with Gasteiger partial charge in [-0.15, -0.1) is 0 Å². The van der Waals surface area contributed by atoms with Gasteiger partial charge >= 0.3 is 5.97 Å². The summed E-state index contributed by atoms with van der Waals surface area (Å²) in [6.07, 6.45) is -0.327. The van der Waals surface area contributed by atoms with Crippen LogP contribution in [0, 0.1) is 0 Å². The number of ether oxygens (including phenoxy) is 3. The Kier molecular flexibility index (Phi) is 6.03. The number of H-pyrrole nitrogens is 1. The number of nitrogens with one attached hydrogen (secondary N) is 2. The molecule has 3 heterocycles. The Morgan fingerprint density at radius 1 is 1.29 bits per heavy atom. The van der Waals surface area contributed by atoms with Crippen molar-refractivity contribution in [2.45, 2.75) is 31.7 Å². The molecule has 5 rings (SSSR count). The number of aromatic nitrogens is 2. The molecule has 2 unspecified atom stereocenters. The smallest absolute Gasteiger partial charge is 0.337 e. The number of benzene rings is 2. The molecule has 11 heteroatoms. The van der Waals surface area contributed by atoms with Crippen molar-refractivity contribution in [2.24, 2.45) is 0 Å². The molecule has 2 atom stereocenters. The Morgan fingerprint density at radius 3 is 2.88 bits per heavy atom. The highest BCUT2D eigenvalue weighted by Crippen LogP contribution is 2.37. The maximum absolute atomic E-state index is 13.0. The summed E-state index contributed by atoms with van der Waals surface area (Å²) in [6, 6.07) is 7.77. The van der Waals surface area contributed by atoms with Crippen molar-refractivity contribution in [1.29, 1.82) is 0 Å². The maximum Gasteiger partial charge on any atom is 0.337 e. The van der Waals surface area contributed by atoms with Crippen LogP contribution in [-0.4, -0.2) is 64.4 Å². The molecule has 1 amide bonds. The Balaban J connectivity index is 1.26. The monoisotopic (exact) mass is 486 g/mol. The van der Waals surface area contributed by atoms with Crippen LogP contribution in [0.5, 0.6) is 11.5 Å². The molecule has 178 valence electrons. The van der Waals surface area contributed by atoms with Crippen molar-refractivity contribution in [2.75, 3.05) is 20.4 Å². The Morgan fingerprint density at radius 2 is 2.09 bits per heavy atom. The third kappa shape index (κ3) is 4.27. The first kappa shape index (κ1) is 22.5. The van der Waals surface area contributed by atoms with Crippen molar-refractivity contribution < 1.29 is 28.9 Å². The molecule has 1 aromatic heterocycles. The average Bonchev–Trinajstić information content (AvgIpc) is 3.54. The number of methoxy groups -OCH3 is 1. The van der Waals surface area contributed by atoms with Gasteiger partial charge in [0, 0.05) is 24.2 Å². The largest absolute Gasteiger partial charge is 0.465 e. The van der Waals surface area contributed by atoms with Gasteiger partial charge in [0.1, 0.15) is 11.9 Å². The summed E-state index contributed by atoms with van der Waals surface area (Å²) in [4.78, 5) is 34.2. The fourth-order valence-corrected chi connectivity index (χ4v) is 4.54. The van der Waals surface area contributed by atoms with Crippen LogP contribution < -0.4 is 14.8 Å². The van der Waals surface area contributed by atoms with Crippen LogP contribution in [0.3, 0.4) is 0 Å². The lowest BCUT2D eigenvalue weighted by Gasteiger charge is -2.25. The number of rotatable bonds is 6. The Hall–Kier alpha value is -3.34. The molecule has 3 aromatic rings. The number of halogens is 1. The number of imidazole rings is 1. The zero-order valence-electron chi connectivity index (χ0n) is 18.3. The third-order valence-electron chi connectivity index (χ3n) is 6.04. The third-order valence-corrected chi connectivity index (χ3v) is 6.39. The SMILES string of the molecule is COC(=O)c1ccc2nc(CNC(=O)C3C(O)CCN3Cc3cc4c(cc3Cl)OCO4)[nH]c2c1. The number of nitrogens with zero attached hydrogens (tertiary/aromatic N) is 2. The topological polar surface area (TPSA) is 126 Å². The lowest BCUT2D eigenvalue weighted by molar-refractivity contribution is -0.128. The van der Waals surface area contributed by atoms with E-state index in [1.807, 2.05) is 4.90 Å². The minimum atomic E-state index is -0.800. The molecule has 10 nitrogen and oxygen atoms in total. The van der Waals surface area contributed by atoms with Crippen LogP contribution in [0.1, 0.15) is 28.2 Å². The van der Waals surface area contributed by atoms with Gasteiger partial charge in [0.25, 0.3) is 0 Å². The van der Waals surface area contributed by atoms with Crippen molar-refractivity contribution in [1.82, 2.24) is 20.2 Å². The molecule has 3 N–H and O–H groups in total. The van der Waals surface area contributed by atoms with Gasteiger partial charge in [-0.25, -0.2) is 9.78 Å². The molecule has 0 aliphatic carbocycles. The van der Waals surface area contributed by atoms with E-state index in [4.69, 9.17) is 25.8 Å². The predicted octanol–water partition coefficient (Wildman–Crippen LogP) is 1.98. The minimum Gasteiger partial charge on any atom is -0.465 e. The second-order valence-electron chi connectivity index (χ2n) is 8.19. The van der Waals surface area contributed by atoms with E-state index in [0.717, 1.165) is 5.56 Å². The summed E-state index contributed by atoms with van der Waals surface area (Å²) in [5, 5.41) is 13.9. The van der Waals surface area contributed by atoms with Crippen molar-refractivity contribution in [3.05, 3.63) is 52.3 Å². The summed E-state index contributed by atoms with van der Waals surface area (Å²) in [6.45, 7) is 1.22. The van der Waals surface area contributed by atoms with Crippen LogP contribution in [0.25, 0.3) is 11.0 Å². The van der Waals surface area contributed by atoms with Crippen LogP contribution >= 0.6 is 11.6 Å². The van der Waals surface area contributed by atoms with Gasteiger partial charge in [0.05, 0.1) is 36.4 Å². The molecule has 0 radical (unpaired) electrons. The van der Waals surface area contributed by atoms with E-state index in [1.54, 1.807) is 30.3 Å². The number of fused-ring (bicyclic) bond motifs is 2. The van der Waals surface area contributed by atoms with Crippen molar-refractivity contribution >= 4 is 34.5 Å². The zero-order valence-corrected chi connectivity index (χ0v) is 19.1. The summed E-state index contributed by atoms with van der Waals surface area (Å²) < 4.78 is 15.5. The quantitative estimate of drug-likeness (QED) is 0.451. The first-order chi connectivity index (χ1) is 16.4. The number of aliphatic hydroxyl groups is 1. The molecular formula is C23H23ClN4O6.